The van der Waals surface area contributed by atoms with E-state index in [1.165, 1.54) is 5.56 Å². The van der Waals surface area contributed by atoms with Crippen LogP contribution in [0.3, 0.4) is 0 Å². The van der Waals surface area contributed by atoms with Crippen LogP contribution in [0.25, 0.3) is 0 Å². The molecule has 4 heteroatoms. The molecule has 1 aromatic carbocycles. The number of sulfone groups is 1. The van der Waals surface area contributed by atoms with Crippen LogP contribution in [0.5, 0.6) is 0 Å². The molecule has 0 aromatic heterocycles. The summed E-state index contributed by atoms with van der Waals surface area (Å²) in [6.45, 7) is 5.99. The highest BCUT2D eigenvalue weighted by atomic mass is 32.2. The summed E-state index contributed by atoms with van der Waals surface area (Å²) in [5.74, 6) is 0.183. The van der Waals surface area contributed by atoms with E-state index in [0.29, 0.717) is 6.54 Å². The third-order valence-electron chi connectivity index (χ3n) is 2.82. The fourth-order valence-corrected chi connectivity index (χ4v) is 2.42. The maximum Gasteiger partial charge on any atom is 0.154 e. The summed E-state index contributed by atoms with van der Waals surface area (Å²) in [4.78, 5) is 0. The normalized spacial score (nSPS) is 11.8. The molecule has 0 atom stereocenters. The molecule has 1 rings (SSSR count). The molecule has 1 aromatic rings. The molecule has 96 valence electrons. The van der Waals surface area contributed by atoms with E-state index in [-0.39, 0.29) is 11.0 Å². The first-order valence-electron chi connectivity index (χ1n) is 6.00. The highest BCUT2D eigenvalue weighted by molar-refractivity contribution is 7.92. The van der Waals surface area contributed by atoms with Crippen molar-refractivity contribution >= 4 is 15.5 Å². The van der Waals surface area contributed by atoms with Crippen molar-refractivity contribution in [1.29, 1.82) is 0 Å². The van der Waals surface area contributed by atoms with Crippen molar-refractivity contribution in [2.24, 2.45) is 0 Å². The van der Waals surface area contributed by atoms with Gasteiger partial charge in [-0.25, -0.2) is 8.42 Å². The monoisotopic (exact) mass is 255 g/mol. The Labute approximate surface area is 104 Å². The van der Waals surface area contributed by atoms with Crippen LogP contribution in [0, 0.1) is 0 Å². The van der Waals surface area contributed by atoms with Crippen molar-refractivity contribution in [1.82, 2.24) is 0 Å². The van der Waals surface area contributed by atoms with Crippen molar-refractivity contribution in [2.75, 3.05) is 17.6 Å². The molecule has 0 amide bonds. The standard InChI is InChI=1S/C13H21NO2S/c1-4-12-7-5-6-8-13(12)14-9-10-17(15,16)11(2)3/h5-8,11,14H,4,9-10H2,1-3H3. The van der Waals surface area contributed by atoms with Gasteiger partial charge in [0.15, 0.2) is 9.84 Å². The Bertz CT molecular complexity index is 452. The van der Waals surface area contributed by atoms with Crippen LogP contribution in [0.2, 0.25) is 0 Å². The molecular formula is C13H21NO2S. The Morgan fingerprint density at radius 3 is 2.47 bits per heavy atom. The quantitative estimate of drug-likeness (QED) is 0.849. The van der Waals surface area contributed by atoms with Crippen molar-refractivity contribution in [3.05, 3.63) is 29.8 Å². The van der Waals surface area contributed by atoms with E-state index in [1.54, 1.807) is 13.8 Å². The summed E-state index contributed by atoms with van der Waals surface area (Å²) in [6, 6.07) is 7.99. The van der Waals surface area contributed by atoms with Gasteiger partial charge in [0, 0.05) is 12.2 Å². The summed E-state index contributed by atoms with van der Waals surface area (Å²) < 4.78 is 23.3. The highest BCUT2D eigenvalue weighted by Crippen LogP contribution is 2.15. The lowest BCUT2D eigenvalue weighted by Gasteiger charge is -2.12. The first-order valence-corrected chi connectivity index (χ1v) is 7.72. The van der Waals surface area contributed by atoms with Crippen LogP contribution in [-0.2, 0) is 16.3 Å². The van der Waals surface area contributed by atoms with Crippen molar-refractivity contribution in [3.8, 4) is 0 Å². The number of benzene rings is 1. The van der Waals surface area contributed by atoms with Gasteiger partial charge in [0.25, 0.3) is 0 Å². The summed E-state index contributed by atoms with van der Waals surface area (Å²) in [5.41, 5.74) is 2.25. The molecule has 0 saturated heterocycles. The second-order valence-electron chi connectivity index (χ2n) is 4.35. The molecule has 0 aliphatic rings. The van der Waals surface area contributed by atoms with Gasteiger partial charge in [-0.1, -0.05) is 25.1 Å². The molecule has 0 aliphatic heterocycles. The highest BCUT2D eigenvalue weighted by Gasteiger charge is 2.15. The molecule has 0 bridgehead atoms. The molecular weight excluding hydrogens is 234 g/mol. The van der Waals surface area contributed by atoms with Crippen molar-refractivity contribution in [3.63, 3.8) is 0 Å². The molecule has 17 heavy (non-hydrogen) atoms. The van der Waals surface area contributed by atoms with Gasteiger partial charge in [-0.05, 0) is 31.9 Å². The predicted molar refractivity (Wildman–Crippen MR) is 73.2 cm³/mol. The second-order valence-corrected chi connectivity index (χ2v) is 7.03. The maximum atomic E-state index is 11.6. The third-order valence-corrected chi connectivity index (χ3v) is 5.03. The summed E-state index contributed by atoms with van der Waals surface area (Å²) >= 11 is 0. The largest absolute Gasteiger partial charge is 0.384 e. The van der Waals surface area contributed by atoms with Crippen LogP contribution in [0.15, 0.2) is 24.3 Å². The number of anilines is 1. The summed E-state index contributed by atoms with van der Waals surface area (Å²) in [5, 5.41) is 2.90. The molecule has 0 fully saturated rings. The number of nitrogens with one attached hydrogen (secondary N) is 1. The third kappa shape index (κ3) is 4.04. The molecule has 0 spiro atoms. The van der Waals surface area contributed by atoms with Crippen LogP contribution < -0.4 is 5.32 Å². The van der Waals surface area contributed by atoms with Gasteiger partial charge in [-0.2, -0.15) is 0 Å². The average Bonchev–Trinajstić information content (AvgIpc) is 2.29. The topological polar surface area (TPSA) is 46.2 Å². The molecule has 0 heterocycles. The fourth-order valence-electron chi connectivity index (χ4n) is 1.56. The van der Waals surface area contributed by atoms with Crippen molar-refractivity contribution in [2.45, 2.75) is 32.4 Å². The lowest BCUT2D eigenvalue weighted by Crippen LogP contribution is -2.23. The fraction of sp³-hybridized carbons (Fsp3) is 0.538. The minimum Gasteiger partial charge on any atom is -0.384 e. The minimum atomic E-state index is -2.95. The Kier molecular flexibility index (Phi) is 5.00. The van der Waals surface area contributed by atoms with Gasteiger partial charge >= 0.3 is 0 Å². The van der Waals surface area contributed by atoms with Crippen LogP contribution in [0.1, 0.15) is 26.3 Å². The molecule has 3 nitrogen and oxygen atoms in total. The van der Waals surface area contributed by atoms with Crippen LogP contribution in [-0.4, -0.2) is 26.0 Å². The Morgan fingerprint density at radius 2 is 1.88 bits per heavy atom. The Balaban J connectivity index is 2.57. The van der Waals surface area contributed by atoms with E-state index >= 15 is 0 Å². The van der Waals surface area contributed by atoms with Gasteiger partial charge < -0.3 is 5.32 Å². The summed E-state index contributed by atoms with van der Waals surface area (Å²) in [7, 11) is -2.95. The Hall–Kier alpha value is -1.03. The predicted octanol–water partition coefficient (Wildman–Crippen LogP) is 2.48. The van der Waals surface area contributed by atoms with E-state index < -0.39 is 9.84 Å². The van der Waals surface area contributed by atoms with Gasteiger partial charge in [0.05, 0.1) is 11.0 Å². The van der Waals surface area contributed by atoms with E-state index in [1.807, 2.05) is 18.2 Å². The lowest BCUT2D eigenvalue weighted by molar-refractivity contribution is 0.588. The van der Waals surface area contributed by atoms with E-state index in [9.17, 15) is 8.42 Å². The van der Waals surface area contributed by atoms with Crippen LogP contribution in [0.4, 0.5) is 5.69 Å². The first-order chi connectivity index (χ1) is 7.97. The van der Waals surface area contributed by atoms with Gasteiger partial charge in [-0.15, -0.1) is 0 Å². The molecule has 0 saturated carbocycles. The van der Waals surface area contributed by atoms with Gasteiger partial charge in [0.2, 0.25) is 0 Å². The van der Waals surface area contributed by atoms with Gasteiger partial charge in [-0.3, -0.25) is 0 Å². The lowest BCUT2D eigenvalue weighted by atomic mass is 10.1. The van der Waals surface area contributed by atoms with E-state index in [0.717, 1.165) is 12.1 Å². The molecule has 1 N–H and O–H groups in total. The number of rotatable bonds is 6. The Morgan fingerprint density at radius 1 is 1.24 bits per heavy atom. The van der Waals surface area contributed by atoms with E-state index in [2.05, 4.69) is 18.3 Å². The average molecular weight is 255 g/mol. The zero-order valence-corrected chi connectivity index (χ0v) is 11.5. The first kappa shape index (κ1) is 14.0. The maximum absolute atomic E-state index is 11.6. The second kappa shape index (κ2) is 6.05. The molecule has 0 radical (unpaired) electrons. The summed E-state index contributed by atoms with van der Waals surface area (Å²) in [6.07, 6.45) is 0.945. The van der Waals surface area contributed by atoms with Crippen LogP contribution >= 0.6 is 0 Å². The number of hydrogen-bond donors (Lipinski definition) is 1. The van der Waals surface area contributed by atoms with Crippen molar-refractivity contribution < 1.29 is 8.42 Å². The number of para-hydroxylation sites is 1. The number of hydrogen-bond acceptors (Lipinski definition) is 3. The zero-order valence-electron chi connectivity index (χ0n) is 10.7. The van der Waals surface area contributed by atoms with E-state index in [4.69, 9.17) is 0 Å². The SMILES string of the molecule is CCc1ccccc1NCCS(=O)(=O)C(C)C. The molecule has 0 unspecified atom stereocenters. The molecule has 0 aliphatic carbocycles. The number of aryl methyl sites for hydroxylation is 1. The van der Waals surface area contributed by atoms with Gasteiger partial charge in [0.1, 0.15) is 0 Å². The minimum absolute atomic E-state index is 0.183. The zero-order chi connectivity index (χ0) is 12.9. The smallest absolute Gasteiger partial charge is 0.154 e.